The Hall–Kier alpha value is -1.10. The Labute approximate surface area is 130 Å². The van der Waals surface area contributed by atoms with Gasteiger partial charge in [-0.1, -0.05) is 17.7 Å². The van der Waals surface area contributed by atoms with Crippen molar-refractivity contribution in [1.82, 2.24) is 10.2 Å². The van der Waals surface area contributed by atoms with Gasteiger partial charge in [0, 0.05) is 35.8 Å². The average Bonchev–Trinajstić information content (AvgIpc) is 2.82. The molecule has 1 N–H and O–H groups in total. The van der Waals surface area contributed by atoms with E-state index in [4.69, 9.17) is 16.3 Å². The Morgan fingerprint density at radius 2 is 2.24 bits per heavy atom. The van der Waals surface area contributed by atoms with Crippen molar-refractivity contribution in [2.24, 2.45) is 0 Å². The molecule has 0 bridgehead atoms. The number of carbonyl (C=O) groups excluding carboxylic acids is 1. The number of rotatable bonds is 2. The molecule has 114 valence electrons. The highest BCUT2D eigenvalue weighted by Crippen LogP contribution is 2.24. The summed E-state index contributed by atoms with van der Waals surface area (Å²) in [5, 5.41) is 3.73. The molecule has 2 heterocycles. The number of hydrogen-bond donors (Lipinski definition) is 1. The molecular formula is C16H21ClN2O2. The second-order valence-electron chi connectivity index (χ2n) is 6.12. The quantitative estimate of drug-likeness (QED) is 0.911. The first-order valence-electron chi connectivity index (χ1n) is 7.45. The van der Waals surface area contributed by atoms with Gasteiger partial charge >= 0.3 is 0 Å². The molecule has 2 aliphatic heterocycles. The van der Waals surface area contributed by atoms with Crippen molar-refractivity contribution in [2.45, 2.75) is 38.5 Å². The van der Waals surface area contributed by atoms with Crippen LogP contribution in [0.15, 0.2) is 18.2 Å². The molecule has 3 atom stereocenters. The van der Waals surface area contributed by atoms with E-state index in [1.165, 1.54) is 0 Å². The average molecular weight is 309 g/mol. The second-order valence-corrected chi connectivity index (χ2v) is 6.55. The predicted molar refractivity (Wildman–Crippen MR) is 82.8 cm³/mol. The fourth-order valence-corrected chi connectivity index (χ4v) is 3.42. The van der Waals surface area contributed by atoms with Gasteiger partial charge in [-0.25, -0.2) is 0 Å². The lowest BCUT2D eigenvalue weighted by Crippen LogP contribution is -2.45. The number of ether oxygens (including phenoxy) is 1. The van der Waals surface area contributed by atoms with Crippen molar-refractivity contribution in [2.75, 3.05) is 19.7 Å². The van der Waals surface area contributed by atoms with Crippen LogP contribution in [0.2, 0.25) is 5.02 Å². The Kier molecular flexibility index (Phi) is 4.20. The van der Waals surface area contributed by atoms with E-state index in [1.54, 1.807) is 6.07 Å². The molecular weight excluding hydrogens is 288 g/mol. The molecule has 2 aliphatic rings. The van der Waals surface area contributed by atoms with E-state index in [9.17, 15) is 4.79 Å². The van der Waals surface area contributed by atoms with Gasteiger partial charge in [-0.3, -0.25) is 9.69 Å². The number of benzene rings is 1. The SMILES string of the molecule is Cc1ccc(Cl)cc1C(=O)N[C@@H]1C[C@H]2CO[C@@H](C)CN2C1. The van der Waals surface area contributed by atoms with Crippen molar-refractivity contribution >= 4 is 17.5 Å². The van der Waals surface area contributed by atoms with Crippen molar-refractivity contribution in [3.05, 3.63) is 34.3 Å². The van der Waals surface area contributed by atoms with Gasteiger partial charge in [0.05, 0.1) is 12.7 Å². The normalized spacial score (nSPS) is 29.2. The fraction of sp³-hybridized carbons (Fsp3) is 0.562. The fourth-order valence-electron chi connectivity index (χ4n) is 3.25. The van der Waals surface area contributed by atoms with E-state index in [1.807, 2.05) is 19.1 Å². The lowest BCUT2D eigenvalue weighted by atomic mass is 10.1. The zero-order valence-electron chi connectivity index (χ0n) is 12.4. The summed E-state index contributed by atoms with van der Waals surface area (Å²) in [6.45, 7) is 6.65. The van der Waals surface area contributed by atoms with Crippen LogP contribution in [-0.2, 0) is 4.74 Å². The summed E-state index contributed by atoms with van der Waals surface area (Å²) >= 11 is 5.99. The lowest BCUT2D eigenvalue weighted by molar-refractivity contribution is -0.0390. The third-order valence-electron chi connectivity index (χ3n) is 4.37. The molecule has 21 heavy (non-hydrogen) atoms. The Morgan fingerprint density at radius 1 is 1.43 bits per heavy atom. The maximum Gasteiger partial charge on any atom is 0.251 e. The monoisotopic (exact) mass is 308 g/mol. The molecule has 3 rings (SSSR count). The van der Waals surface area contributed by atoms with Gasteiger partial charge in [-0.05, 0) is 38.0 Å². The number of carbonyl (C=O) groups is 1. The number of morpholine rings is 1. The minimum atomic E-state index is -0.0335. The zero-order chi connectivity index (χ0) is 15.0. The highest BCUT2D eigenvalue weighted by Gasteiger charge is 2.36. The maximum atomic E-state index is 12.4. The highest BCUT2D eigenvalue weighted by molar-refractivity contribution is 6.31. The second kappa shape index (κ2) is 5.95. The van der Waals surface area contributed by atoms with Crippen molar-refractivity contribution in [1.29, 1.82) is 0 Å². The third kappa shape index (κ3) is 3.23. The number of amides is 1. The van der Waals surface area contributed by atoms with E-state index in [0.29, 0.717) is 16.6 Å². The topological polar surface area (TPSA) is 41.6 Å². The summed E-state index contributed by atoms with van der Waals surface area (Å²) in [6.07, 6.45) is 1.24. The third-order valence-corrected chi connectivity index (χ3v) is 4.61. The number of nitrogens with one attached hydrogen (secondary N) is 1. The molecule has 0 saturated carbocycles. The molecule has 4 nitrogen and oxygen atoms in total. The first kappa shape index (κ1) is 14.8. The molecule has 0 aromatic heterocycles. The van der Waals surface area contributed by atoms with E-state index in [-0.39, 0.29) is 18.1 Å². The van der Waals surface area contributed by atoms with Crippen LogP contribution < -0.4 is 5.32 Å². The number of aryl methyl sites for hydroxylation is 1. The smallest absolute Gasteiger partial charge is 0.251 e. The van der Waals surface area contributed by atoms with E-state index < -0.39 is 0 Å². The summed E-state index contributed by atoms with van der Waals surface area (Å²) in [6, 6.07) is 6.05. The Morgan fingerprint density at radius 3 is 3.05 bits per heavy atom. The van der Waals surface area contributed by atoms with Crippen LogP contribution >= 0.6 is 11.6 Å². The first-order chi connectivity index (χ1) is 10.0. The van der Waals surface area contributed by atoms with Crippen molar-refractivity contribution in [3.8, 4) is 0 Å². The van der Waals surface area contributed by atoms with Crippen LogP contribution in [0, 0.1) is 6.92 Å². The molecule has 0 unspecified atom stereocenters. The maximum absolute atomic E-state index is 12.4. The minimum Gasteiger partial charge on any atom is -0.376 e. The largest absolute Gasteiger partial charge is 0.376 e. The van der Waals surface area contributed by atoms with Crippen LogP contribution in [-0.4, -0.2) is 48.7 Å². The van der Waals surface area contributed by atoms with Gasteiger partial charge in [-0.2, -0.15) is 0 Å². The minimum absolute atomic E-state index is 0.0335. The van der Waals surface area contributed by atoms with Crippen LogP contribution in [0.4, 0.5) is 0 Å². The number of fused-ring (bicyclic) bond motifs is 1. The molecule has 1 aromatic rings. The van der Waals surface area contributed by atoms with Gasteiger partial charge in [0.2, 0.25) is 0 Å². The standard InChI is InChI=1S/C16H21ClN2O2/c1-10-3-4-12(17)5-15(10)16(20)18-13-6-14-9-21-11(2)7-19(14)8-13/h3-5,11,13-14H,6-9H2,1-2H3,(H,18,20)/t11-,13+,14-/m0/s1. The van der Waals surface area contributed by atoms with Crippen molar-refractivity contribution < 1.29 is 9.53 Å². The Balaban J connectivity index is 1.65. The van der Waals surface area contributed by atoms with Crippen molar-refractivity contribution in [3.63, 3.8) is 0 Å². The number of halogens is 1. The predicted octanol–water partition coefficient (Wildman–Crippen LogP) is 2.24. The molecule has 1 amide bonds. The summed E-state index contributed by atoms with van der Waals surface area (Å²) < 4.78 is 5.69. The van der Waals surface area contributed by atoms with E-state index >= 15 is 0 Å². The zero-order valence-corrected chi connectivity index (χ0v) is 13.2. The molecule has 0 aliphatic carbocycles. The number of nitrogens with zero attached hydrogens (tertiary/aromatic N) is 1. The van der Waals surface area contributed by atoms with E-state index in [0.717, 1.165) is 31.7 Å². The van der Waals surface area contributed by atoms with Gasteiger partial charge in [-0.15, -0.1) is 0 Å². The van der Waals surface area contributed by atoms with Crippen LogP contribution in [0.25, 0.3) is 0 Å². The molecule has 0 radical (unpaired) electrons. The summed E-state index contributed by atoms with van der Waals surface area (Å²) in [5.41, 5.74) is 1.61. The summed E-state index contributed by atoms with van der Waals surface area (Å²) in [7, 11) is 0. The first-order valence-corrected chi connectivity index (χ1v) is 7.83. The van der Waals surface area contributed by atoms with Crippen LogP contribution in [0.1, 0.15) is 29.3 Å². The molecule has 0 spiro atoms. The van der Waals surface area contributed by atoms with E-state index in [2.05, 4.69) is 17.1 Å². The van der Waals surface area contributed by atoms with Gasteiger partial charge < -0.3 is 10.1 Å². The molecule has 1 aromatic carbocycles. The van der Waals surface area contributed by atoms with Gasteiger partial charge in [0.1, 0.15) is 0 Å². The van der Waals surface area contributed by atoms with Gasteiger partial charge in [0.25, 0.3) is 5.91 Å². The molecule has 2 saturated heterocycles. The molecule has 2 fully saturated rings. The van der Waals surface area contributed by atoms with Crippen LogP contribution in [0.3, 0.4) is 0 Å². The lowest BCUT2D eigenvalue weighted by Gasteiger charge is -2.33. The summed E-state index contributed by atoms with van der Waals surface area (Å²) in [5.74, 6) is -0.0335. The Bertz CT molecular complexity index is 549. The van der Waals surface area contributed by atoms with Crippen LogP contribution in [0.5, 0.6) is 0 Å². The number of hydrogen-bond acceptors (Lipinski definition) is 3. The highest BCUT2D eigenvalue weighted by atomic mass is 35.5. The summed E-state index contributed by atoms with van der Waals surface area (Å²) in [4.78, 5) is 14.8. The molecule has 5 heteroatoms. The van der Waals surface area contributed by atoms with Gasteiger partial charge in [0.15, 0.2) is 0 Å².